The van der Waals surface area contributed by atoms with Crippen LogP contribution in [-0.2, 0) is 4.79 Å². The Balaban J connectivity index is 1.57. The summed E-state index contributed by atoms with van der Waals surface area (Å²) in [5.41, 5.74) is 5.08. The van der Waals surface area contributed by atoms with E-state index in [1.165, 1.54) is 37.8 Å². The monoisotopic (exact) mass is 487 g/mol. The maximum absolute atomic E-state index is 12.0. The maximum atomic E-state index is 12.0. The first-order chi connectivity index (χ1) is 17.1. The van der Waals surface area contributed by atoms with Crippen LogP contribution in [0.1, 0.15) is 80.5 Å². The molecule has 6 nitrogen and oxygen atoms in total. The van der Waals surface area contributed by atoms with E-state index in [2.05, 4.69) is 50.6 Å². The topological polar surface area (TPSA) is 62.2 Å². The number of benzene rings is 1. The molecule has 1 aromatic carbocycles. The van der Waals surface area contributed by atoms with E-state index in [0.29, 0.717) is 17.6 Å². The molecule has 3 aromatic rings. The van der Waals surface area contributed by atoms with Crippen molar-refractivity contribution in [1.82, 2.24) is 14.9 Å². The van der Waals surface area contributed by atoms with Crippen molar-refractivity contribution in [1.29, 1.82) is 0 Å². The molecular formula is C28H33N5OS. The molecule has 7 heteroatoms. The van der Waals surface area contributed by atoms with Gasteiger partial charge in [-0.05, 0) is 80.0 Å². The summed E-state index contributed by atoms with van der Waals surface area (Å²) in [6.45, 7) is 3.88. The van der Waals surface area contributed by atoms with Crippen LogP contribution in [0.5, 0.6) is 0 Å². The second-order valence-corrected chi connectivity index (χ2v) is 9.92. The summed E-state index contributed by atoms with van der Waals surface area (Å²) in [4.78, 5) is 18.9. The molecule has 0 spiro atoms. The van der Waals surface area contributed by atoms with Crippen molar-refractivity contribution in [2.24, 2.45) is 0 Å². The normalized spacial score (nSPS) is 20.6. The molecule has 2 aromatic heterocycles. The number of hydrogen-bond acceptors (Lipinski definition) is 3. The van der Waals surface area contributed by atoms with Crippen LogP contribution in [-0.4, -0.2) is 20.6 Å². The quantitative estimate of drug-likeness (QED) is 0.404. The summed E-state index contributed by atoms with van der Waals surface area (Å²) in [7, 11) is 0. The lowest BCUT2D eigenvalue weighted by atomic mass is 9.94. The number of nitrogens with one attached hydrogen (secondary N) is 2. The van der Waals surface area contributed by atoms with Gasteiger partial charge in [-0.15, -0.1) is 0 Å². The molecule has 1 aliphatic heterocycles. The molecule has 2 atom stereocenters. The zero-order valence-electron chi connectivity index (χ0n) is 20.4. The number of anilines is 2. The van der Waals surface area contributed by atoms with Crippen molar-refractivity contribution in [2.75, 3.05) is 10.2 Å². The summed E-state index contributed by atoms with van der Waals surface area (Å²) in [5, 5.41) is 7.26. The first-order valence-corrected chi connectivity index (χ1v) is 13.1. The minimum Gasteiger partial charge on any atom is -0.351 e. The van der Waals surface area contributed by atoms with Crippen molar-refractivity contribution in [3.8, 4) is 0 Å². The van der Waals surface area contributed by atoms with Crippen LogP contribution in [0.4, 0.5) is 11.4 Å². The lowest BCUT2D eigenvalue weighted by Crippen LogP contribution is -2.31. The van der Waals surface area contributed by atoms with Gasteiger partial charge in [0.1, 0.15) is 6.04 Å². The summed E-state index contributed by atoms with van der Waals surface area (Å²) < 4.78 is 2.48. The van der Waals surface area contributed by atoms with Gasteiger partial charge in [0.05, 0.1) is 11.7 Å². The van der Waals surface area contributed by atoms with Crippen LogP contribution in [0, 0.1) is 6.92 Å². The largest absolute Gasteiger partial charge is 0.351 e. The van der Waals surface area contributed by atoms with Gasteiger partial charge in [0, 0.05) is 41.9 Å². The fourth-order valence-electron chi connectivity index (χ4n) is 5.46. The smallest absolute Gasteiger partial charge is 0.224 e. The van der Waals surface area contributed by atoms with Crippen molar-refractivity contribution in [2.45, 2.75) is 70.5 Å². The minimum absolute atomic E-state index is 0.0117. The highest BCUT2D eigenvalue weighted by atomic mass is 32.1. The Morgan fingerprint density at radius 3 is 2.69 bits per heavy atom. The fraction of sp³-hybridized carbons (Fsp3) is 0.393. The molecule has 2 N–H and O–H groups in total. The van der Waals surface area contributed by atoms with Crippen molar-refractivity contribution in [3.63, 3.8) is 0 Å². The maximum Gasteiger partial charge on any atom is 0.224 e. The van der Waals surface area contributed by atoms with Gasteiger partial charge in [0.25, 0.3) is 0 Å². The molecule has 2 aliphatic rings. The van der Waals surface area contributed by atoms with Crippen LogP contribution in [0.2, 0.25) is 0 Å². The predicted octanol–water partition coefficient (Wildman–Crippen LogP) is 6.22. The van der Waals surface area contributed by atoms with Crippen LogP contribution in [0.3, 0.4) is 0 Å². The highest BCUT2D eigenvalue weighted by Crippen LogP contribution is 2.44. The van der Waals surface area contributed by atoms with Crippen LogP contribution in [0.15, 0.2) is 60.9 Å². The number of thiocarbonyl (C=S) groups is 1. The second-order valence-electron chi connectivity index (χ2n) is 9.53. The Bertz CT molecular complexity index is 1200. The van der Waals surface area contributed by atoms with E-state index in [0.717, 1.165) is 22.6 Å². The molecule has 182 valence electrons. The molecule has 1 aliphatic carbocycles. The van der Waals surface area contributed by atoms with Gasteiger partial charge in [-0.25, -0.2) is 0 Å². The molecule has 0 bridgehead atoms. The third-order valence-corrected chi connectivity index (χ3v) is 7.58. The van der Waals surface area contributed by atoms with Gasteiger partial charge < -0.3 is 20.1 Å². The van der Waals surface area contributed by atoms with Crippen LogP contribution in [0.25, 0.3) is 0 Å². The minimum atomic E-state index is -0.0688. The fourth-order valence-corrected chi connectivity index (χ4v) is 5.81. The number of hydrogen-bond donors (Lipinski definition) is 2. The van der Waals surface area contributed by atoms with E-state index in [-0.39, 0.29) is 18.0 Å². The number of pyridine rings is 1. The molecule has 0 radical (unpaired) electrons. The Labute approximate surface area is 212 Å². The Kier molecular flexibility index (Phi) is 6.86. The molecule has 1 saturated heterocycles. The van der Waals surface area contributed by atoms with Crippen molar-refractivity contribution < 1.29 is 4.79 Å². The van der Waals surface area contributed by atoms with Gasteiger partial charge >= 0.3 is 0 Å². The molecule has 0 unspecified atom stereocenters. The Morgan fingerprint density at radius 1 is 1.14 bits per heavy atom. The molecule has 35 heavy (non-hydrogen) atoms. The lowest BCUT2D eigenvalue weighted by Gasteiger charge is -2.32. The van der Waals surface area contributed by atoms with Gasteiger partial charge in [0.2, 0.25) is 5.91 Å². The number of carbonyl (C=O) groups is 1. The molecule has 1 amide bonds. The standard InChI is InChI=1S/C28H33N5OS/c1-3-25(34)30-22-15-14-21(18-19(22)2)33-27(26(31-28(33)35)23-12-7-8-16-29-23)24-13-9-17-32(24)20-10-5-4-6-11-20/h7-9,12-18,20,26-27H,3-6,10-11H2,1-2H3,(H,30,34)(H,31,35)/t26-,27-/m1/s1. The molecule has 5 rings (SSSR count). The van der Waals surface area contributed by atoms with E-state index in [9.17, 15) is 4.79 Å². The van der Waals surface area contributed by atoms with Gasteiger partial charge in [-0.1, -0.05) is 32.3 Å². The second kappa shape index (κ2) is 10.2. The average Bonchev–Trinajstić information content (AvgIpc) is 3.50. The van der Waals surface area contributed by atoms with Crippen molar-refractivity contribution >= 4 is 34.6 Å². The third kappa shape index (κ3) is 4.69. The number of amides is 1. The van der Waals surface area contributed by atoms with E-state index in [4.69, 9.17) is 17.2 Å². The average molecular weight is 488 g/mol. The SMILES string of the molecule is CCC(=O)Nc1ccc(N2C(=S)N[C@H](c3ccccn3)[C@H]2c2cccn2C2CCCCC2)cc1C. The van der Waals surface area contributed by atoms with Crippen LogP contribution >= 0.6 is 12.2 Å². The van der Waals surface area contributed by atoms with Gasteiger partial charge in [-0.2, -0.15) is 0 Å². The Hall–Kier alpha value is -3.19. The summed E-state index contributed by atoms with van der Waals surface area (Å²) in [5.74, 6) is 0.0117. The first-order valence-electron chi connectivity index (χ1n) is 12.6. The van der Waals surface area contributed by atoms with Gasteiger partial charge in [0.15, 0.2) is 5.11 Å². The first kappa shape index (κ1) is 23.5. The number of rotatable bonds is 6. The number of aryl methyl sites for hydroxylation is 1. The number of carbonyl (C=O) groups excluding carboxylic acids is 1. The molecule has 3 heterocycles. The molecule has 1 saturated carbocycles. The van der Waals surface area contributed by atoms with Crippen molar-refractivity contribution in [3.05, 3.63) is 77.9 Å². The number of aromatic nitrogens is 2. The summed E-state index contributed by atoms with van der Waals surface area (Å²) in [6.07, 6.45) is 10.8. The highest BCUT2D eigenvalue weighted by Gasteiger charge is 2.42. The zero-order valence-corrected chi connectivity index (χ0v) is 21.2. The lowest BCUT2D eigenvalue weighted by molar-refractivity contribution is -0.115. The van der Waals surface area contributed by atoms with E-state index in [1.807, 2.05) is 44.3 Å². The summed E-state index contributed by atoms with van der Waals surface area (Å²) in [6, 6.07) is 17.0. The van der Waals surface area contributed by atoms with E-state index in [1.54, 1.807) is 0 Å². The van der Waals surface area contributed by atoms with E-state index < -0.39 is 0 Å². The molecule has 2 fully saturated rings. The summed E-state index contributed by atoms with van der Waals surface area (Å²) >= 11 is 5.92. The number of nitrogens with zero attached hydrogens (tertiary/aromatic N) is 3. The Morgan fingerprint density at radius 2 is 1.97 bits per heavy atom. The van der Waals surface area contributed by atoms with E-state index >= 15 is 0 Å². The third-order valence-electron chi connectivity index (χ3n) is 7.26. The zero-order chi connectivity index (χ0) is 24.4. The highest BCUT2D eigenvalue weighted by molar-refractivity contribution is 7.80. The predicted molar refractivity (Wildman–Crippen MR) is 145 cm³/mol. The molecular weight excluding hydrogens is 454 g/mol. The van der Waals surface area contributed by atoms with Gasteiger partial charge in [-0.3, -0.25) is 9.78 Å². The van der Waals surface area contributed by atoms with Crippen LogP contribution < -0.4 is 15.5 Å².